The van der Waals surface area contributed by atoms with Gasteiger partial charge >= 0.3 is 0 Å². The van der Waals surface area contributed by atoms with Crippen LogP contribution in [0.2, 0.25) is 0 Å². The van der Waals surface area contributed by atoms with E-state index in [1.165, 1.54) is 12.1 Å². The van der Waals surface area contributed by atoms with Crippen LogP contribution in [0.1, 0.15) is 38.2 Å². The molecule has 0 spiro atoms. The summed E-state index contributed by atoms with van der Waals surface area (Å²) in [5.74, 6) is -2.93. The van der Waals surface area contributed by atoms with E-state index < -0.39 is 5.92 Å². The Hall–Kier alpha value is -1.84. The topological polar surface area (TPSA) is 51.2 Å². The second-order valence-corrected chi connectivity index (χ2v) is 5.58. The molecule has 0 amide bonds. The van der Waals surface area contributed by atoms with Crippen molar-refractivity contribution in [2.24, 2.45) is 11.8 Å². The Balaban J connectivity index is 2.18. The molecule has 0 saturated heterocycles. The summed E-state index contributed by atoms with van der Waals surface area (Å²) in [5, 5.41) is 0. The van der Waals surface area contributed by atoms with Crippen molar-refractivity contribution in [1.29, 1.82) is 0 Å². The van der Waals surface area contributed by atoms with Crippen LogP contribution in [0.25, 0.3) is 0 Å². The van der Waals surface area contributed by atoms with Crippen molar-refractivity contribution in [1.82, 2.24) is 0 Å². The van der Waals surface area contributed by atoms with Gasteiger partial charge in [0.15, 0.2) is 17.3 Å². The van der Waals surface area contributed by atoms with Crippen LogP contribution in [0.5, 0.6) is 0 Å². The van der Waals surface area contributed by atoms with E-state index in [2.05, 4.69) is 0 Å². The molecule has 1 aromatic carbocycles. The smallest absolute Gasteiger partial charge is 0.153 e. The molecule has 0 aliphatic heterocycles. The van der Waals surface area contributed by atoms with Crippen molar-refractivity contribution < 1.29 is 18.8 Å². The van der Waals surface area contributed by atoms with Crippen LogP contribution in [-0.2, 0) is 14.4 Å². The number of carbonyl (C=O) groups is 3. The van der Waals surface area contributed by atoms with Crippen LogP contribution in [-0.4, -0.2) is 17.3 Å². The zero-order chi connectivity index (χ0) is 14.9. The Labute approximate surface area is 117 Å². The lowest BCUT2D eigenvalue weighted by Gasteiger charge is -2.26. The first kappa shape index (κ1) is 14.6. The fraction of sp³-hybridized carbons (Fsp3) is 0.438. The van der Waals surface area contributed by atoms with Crippen molar-refractivity contribution >= 4 is 17.3 Å². The van der Waals surface area contributed by atoms with Crippen molar-refractivity contribution in [2.45, 2.75) is 32.6 Å². The predicted octanol–water partition coefficient (Wildman–Crippen LogP) is 2.68. The molecule has 0 aromatic heterocycles. The summed E-state index contributed by atoms with van der Waals surface area (Å²) in [5.41, 5.74) is 0.767. The van der Waals surface area contributed by atoms with E-state index >= 15 is 0 Å². The Morgan fingerprint density at radius 2 is 1.60 bits per heavy atom. The molecule has 0 radical (unpaired) electrons. The van der Waals surface area contributed by atoms with Crippen LogP contribution < -0.4 is 0 Å². The third-order valence-corrected chi connectivity index (χ3v) is 3.73. The number of carbonyl (C=O) groups excluding carboxylic acids is 3. The highest BCUT2D eigenvalue weighted by Crippen LogP contribution is 2.33. The van der Waals surface area contributed by atoms with Gasteiger partial charge in [-0.25, -0.2) is 4.39 Å². The van der Waals surface area contributed by atoms with E-state index in [1.807, 2.05) is 0 Å². The summed E-state index contributed by atoms with van der Waals surface area (Å²) in [6, 6.07) is 5.81. The van der Waals surface area contributed by atoms with Crippen LogP contribution in [0.3, 0.4) is 0 Å². The number of ketones is 3. The van der Waals surface area contributed by atoms with Crippen molar-refractivity contribution in [3.8, 4) is 0 Å². The van der Waals surface area contributed by atoms with Gasteiger partial charge in [0.1, 0.15) is 11.7 Å². The van der Waals surface area contributed by atoms with Crippen LogP contribution in [0.4, 0.5) is 4.39 Å². The SMILES string of the molecule is CC(C)C(=O)C1C(=O)CC(c2ccc(F)cc2)CC1=O. The number of Topliss-reactive ketones (excluding diaryl/α,β-unsaturated/α-hetero) is 3. The molecule has 0 heterocycles. The molecule has 3 nitrogen and oxygen atoms in total. The molecule has 0 atom stereocenters. The normalized spacial score (nSPS) is 23.2. The maximum Gasteiger partial charge on any atom is 0.153 e. The Morgan fingerprint density at radius 1 is 1.10 bits per heavy atom. The summed E-state index contributed by atoms with van der Waals surface area (Å²) in [4.78, 5) is 36.1. The minimum absolute atomic E-state index is 0.167. The van der Waals surface area contributed by atoms with Gasteiger partial charge in [0.05, 0.1) is 0 Å². The van der Waals surface area contributed by atoms with Crippen LogP contribution in [0.15, 0.2) is 24.3 Å². The van der Waals surface area contributed by atoms with Crippen LogP contribution >= 0.6 is 0 Å². The average molecular weight is 276 g/mol. The van der Waals surface area contributed by atoms with Gasteiger partial charge in [-0.2, -0.15) is 0 Å². The molecule has 2 rings (SSSR count). The van der Waals surface area contributed by atoms with Gasteiger partial charge in [0.2, 0.25) is 0 Å². The van der Waals surface area contributed by atoms with Gasteiger partial charge in [0, 0.05) is 18.8 Å². The standard InChI is InChI=1S/C16H17FO3/c1-9(2)16(20)15-13(18)7-11(8-14(15)19)10-3-5-12(17)6-4-10/h3-6,9,11,15H,7-8H2,1-2H3. The number of benzene rings is 1. The third kappa shape index (κ3) is 2.84. The Kier molecular flexibility index (Phi) is 4.12. The summed E-state index contributed by atoms with van der Waals surface area (Å²) in [6.07, 6.45) is 0.334. The molecule has 106 valence electrons. The number of hydrogen-bond acceptors (Lipinski definition) is 3. The predicted molar refractivity (Wildman–Crippen MR) is 71.7 cm³/mol. The number of hydrogen-bond donors (Lipinski definition) is 0. The van der Waals surface area contributed by atoms with Gasteiger partial charge in [0.25, 0.3) is 0 Å². The highest BCUT2D eigenvalue weighted by atomic mass is 19.1. The maximum atomic E-state index is 12.9. The number of rotatable bonds is 3. The van der Waals surface area contributed by atoms with Gasteiger partial charge in [-0.3, -0.25) is 14.4 Å². The van der Waals surface area contributed by atoms with E-state index in [9.17, 15) is 18.8 Å². The molecule has 1 fully saturated rings. The third-order valence-electron chi connectivity index (χ3n) is 3.73. The molecule has 4 heteroatoms. The second-order valence-electron chi connectivity index (χ2n) is 5.58. The van der Waals surface area contributed by atoms with Gasteiger partial charge in [-0.15, -0.1) is 0 Å². The van der Waals surface area contributed by atoms with E-state index in [-0.39, 0.29) is 47.8 Å². The first-order valence-electron chi connectivity index (χ1n) is 6.74. The molecule has 20 heavy (non-hydrogen) atoms. The van der Waals surface area contributed by atoms with E-state index in [4.69, 9.17) is 0 Å². The lowest BCUT2D eigenvalue weighted by molar-refractivity contribution is -0.143. The van der Waals surface area contributed by atoms with E-state index in [0.29, 0.717) is 0 Å². The molecule has 0 unspecified atom stereocenters. The zero-order valence-corrected chi connectivity index (χ0v) is 11.6. The quantitative estimate of drug-likeness (QED) is 0.797. The lowest BCUT2D eigenvalue weighted by Crippen LogP contribution is -2.39. The fourth-order valence-corrected chi connectivity index (χ4v) is 2.59. The largest absolute Gasteiger partial charge is 0.298 e. The minimum Gasteiger partial charge on any atom is -0.298 e. The molecular formula is C16H17FO3. The number of halogens is 1. The average Bonchev–Trinajstić information content (AvgIpc) is 2.38. The van der Waals surface area contributed by atoms with Gasteiger partial charge in [-0.05, 0) is 23.6 Å². The van der Waals surface area contributed by atoms with Crippen molar-refractivity contribution in [3.63, 3.8) is 0 Å². The highest BCUT2D eigenvalue weighted by Gasteiger charge is 2.40. The molecule has 0 N–H and O–H groups in total. The fourth-order valence-electron chi connectivity index (χ4n) is 2.59. The highest BCUT2D eigenvalue weighted by molar-refractivity contribution is 6.21. The van der Waals surface area contributed by atoms with E-state index in [0.717, 1.165) is 5.56 Å². The van der Waals surface area contributed by atoms with Crippen molar-refractivity contribution in [2.75, 3.05) is 0 Å². The summed E-state index contributed by atoms with van der Waals surface area (Å²) in [6.45, 7) is 3.38. The summed E-state index contributed by atoms with van der Waals surface area (Å²) in [7, 11) is 0. The maximum absolute atomic E-state index is 12.9. The monoisotopic (exact) mass is 276 g/mol. The van der Waals surface area contributed by atoms with E-state index in [1.54, 1.807) is 26.0 Å². The summed E-state index contributed by atoms with van der Waals surface area (Å²) < 4.78 is 12.9. The zero-order valence-electron chi connectivity index (χ0n) is 11.6. The molecule has 1 aliphatic rings. The van der Waals surface area contributed by atoms with Crippen LogP contribution in [0, 0.1) is 17.7 Å². The molecule has 0 bridgehead atoms. The molecule has 1 aliphatic carbocycles. The molecule has 1 aromatic rings. The minimum atomic E-state index is -1.09. The summed E-state index contributed by atoms with van der Waals surface area (Å²) >= 11 is 0. The molecule has 1 saturated carbocycles. The van der Waals surface area contributed by atoms with Gasteiger partial charge < -0.3 is 0 Å². The Morgan fingerprint density at radius 3 is 2.05 bits per heavy atom. The second kappa shape index (κ2) is 5.65. The lowest BCUT2D eigenvalue weighted by atomic mass is 9.74. The molecular weight excluding hydrogens is 259 g/mol. The first-order chi connectivity index (χ1) is 9.40. The van der Waals surface area contributed by atoms with Crippen molar-refractivity contribution in [3.05, 3.63) is 35.6 Å². The van der Waals surface area contributed by atoms with Gasteiger partial charge in [-0.1, -0.05) is 26.0 Å². The first-order valence-corrected chi connectivity index (χ1v) is 6.74. The Bertz CT molecular complexity index is 527.